The Morgan fingerprint density at radius 3 is 2.29 bits per heavy atom. The van der Waals surface area contributed by atoms with Crippen LogP contribution in [-0.2, 0) is 9.59 Å². The topological polar surface area (TPSA) is 79.7 Å². The summed E-state index contributed by atoms with van der Waals surface area (Å²) in [7, 11) is 0. The Labute approximate surface area is 199 Å². The Morgan fingerprint density at radius 1 is 1.00 bits per heavy atom. The summed E-state index contributed by atoms with van der Waals surface area (Å²) in [6, 6.07) is 13.7. The highest BCUT2D eigenvalue weighted by Crippen LogP contribution is 2.42. The van der Waals surface area contributed by atoms with Crippen molar-refractivity contribution in [2.75, 3.05) is 11.5 Å². The maximum atomic E-state index is 13.3. The lowest BCUT2D eigenvalue weighted by atomic mass is 9.95. The van der Waals surface area contributed by atoms with E-state index in [4.69, 9.17) is 4.74 Å². The maximum Gasteiger partial charge on any atom is 0.300 e. The van der Waals surface area contributed by atoms with Crippen LogP contribution in [0.3, 0.4) is 0 Å². The summed E-state index contributed by atoms with van der Waals surface area (Å²) >= 11 is 0. The number of carbonyl (C=O) groups excluding carboxylic acids is 2. The van der Waals surface area contributed by atoms with Crippen molar-refractivity contribution >= 4 is 23.1 Å². The van der Waals surface area contributed by atoms with Gasteiger partial charge in [-0.25, -0.2) is 0 Å². The van der Waals surface area contributed by atoms with Gasteiger partial charge in [0.1, 0.15) is 11.5 Å². The Morgan fingerprint density at radius 2 is 1.68 bits per heavy atom. The molecule has 0 saturated carbocycles. The van der Waals surface area contributed by atoms with Gasteiger partial charge >= 0.3 is 0 Å². The van der Waals surface area contributed by atoms with Crippen LogP contribution in [0.1, 0.15) is 47.2 Å². The van der Waals surface area contributed by atoms with E-state index in [0.29, 0.717) is 23.4 Å². The predicted octanol–water partition coefficient (Wildman–Crippen LogP) is 5.42. The van der Waals surface area contributed by atoms with Crippen LogP contribution in [0.2, 0.25) is 0 Å². The Bertz CT molecular complexity index is 1260. The molecule has 1 N–H and O–H groups in total. The molecule has 1 atom stereocenters. The zero-order valence-electron chi connectivity index (χ0n) is 19.8. The van der Waals surface area contributed by atoms with Crippen LogP contribution in [0.15, 0.2) is 66.5 Å². The number of nitrogens with zero attached hydrogens (tertiary/aromatic N) is 2. The Kier molecular flexibility index (Phi) is 6.50. The van der Waals surface area contributed by atoms with Crippen molar-refractivity contribution in [3.8, 4) is 5.75 Å². The number of aliphatic hydroxyl groups excluding tert-OH is 1. The number of hydrogen-bond acceptors (Lipinski definition) is 5. The van der Waals surface area contributed by atoms with Gasteiger partial charge in [0.05, 0.1) is 18.2 Å². The van der Waals surface area contributed by atoms with Gasteiger partial charge in [-0.1, -0.05) is 13.0 Å². The van der Waals surface area contributed by atoms with Crippen LogP contribution in [0.4, 0.5) is 5.69 Å². The second-order valence-corrected chi connectivity index (χ2v) is 8.62. The summed E-state index contributed by atoms with van der Waals surface area (Å²) in [5.74, 6) is -0.882. The number of amides is 1. The minimum atomic E-state index is -0.777. The first-order valence-corrected chi connectivity index (χ1v) is 11.3. The Hall–Kier alpha value is -3.93. The molecule has 0 spiro atoms. The smallest absolute Gasteiger partial charge is 0.300 e. The van der Waals surface area contributed by atoms with Crippen LogP contribution >= 0.6 is 0 Å². The fourth-order valence-electron chi connectivity index (χ4n) is 4.38. The van der Waals surface area contributed by atoms with E-state index in [1.165, 1.54) is 4.90 Å². The lowest BCUT2D eigenvalue weighted by Crippen LogP contribution is -2.29. The number of aromatic nitrogens is 1. The molecule has 0 bridgehead atoms. The summed E-state index contributed by atoms with van der Waals surface area (Å²) in [5.41, 5.74) is 4.60. The standard InChI is InChI=1S/C28H28N2O4/c1-5-12-34-23-7-6-21(16-19(23)4)26(31)24-25(20-8-10-29-11-9-20)30(28(33)27(24)32)22-14-17(2)13-18(3)15-22/h6-11,13-16,25,31H,5,12H2,1-4H3/b26-24-. The number of hydrogen-bond donors (Lipinski definition) is 1. The van der Waals surface area contributed by atoms with Crippen molar-refractivity contribution in [2.45, 2.75) is 40.2 Å². The average Bonchev–Trinajstić information content (AvgIpc) is 3.08. The van der Waals surface area contributed by atoms with Gasteiger partial charge in [-0.15, -0.1) is 0 Å². The quantitative estimate of drug-likeness (QED) is 0.304. The molecule has 2 aromatic carbocycles. The number of anilines is 1. The summed E-state index contributed by atoms with van der Waals surface area (Å²) < 4.78 is 5.74. The highest BCUT2D eigenvalue weighted by Gasteiger charge is 2.47. The van der Waals surface area contributed by atoms with Gasteiger partial charge in [-0.2, -0.15) is 0 Å². The summed E-state index contributed by atoms with van der Waals surface area (Å²) in [6.07, 6.45) is 4.11. The van der Waals surface area contributed by atoms with Crippen molar-refractivity contribution < 1.29 is 19.4 Å². The van der Waals surface area contributed by atoms with Crippen molar-refractivity contribution in [1.29, 1.82) is 0 Å². The molecule has 3 aromatic rings. The molecule has 1 unspecified atom stereocenters. The molecule has 1 saturated heterocycles. The largest absolute Gasteiger partial charge is 0.507 e. The second-order valence-electron chi connectivity index (χ2n) is 8.62. The molecule has 1 aliphatic rings. The van der Waals surface area contributed by atoms with Crippen LogP contribution in [0.25, 0.3) is 5.76 Å². The van der Waals surface area contributed by atoms with Gasteiger partial charge in [-0.05, 0) is 91.9 Å². The SMILES string of the molecule is CCCOc1ccc(/C(O)=C2/C(=O)C(=O)N(c3cc(C)cc(C)c3)C2c2ccncc2)cc1C. The van der Waals surface area contributed by atoms with E-state index < -0.39 is 17.7 Å². The Balaban J connectivity index is 1.88. The van der Waals surface area contributed by atoms with Gasteiger partial charge < -0.3 is 9.84 Å². The lowest BCUT2D eigenvalue weighted by molar-refractivity contribution is -0.132. The first-order chi connectivity index (χ1) is 16.3. The van der Waals surface area contributed by atoms with Crippen molar-refractivity contribution in [3.05, 3.63) is 94.3 Å². The first kappa shape index (κ1) is 23.2. The van der Waals surface area contributed by atoms with Crippen LogP contribution < -0.4 is 9.64 Å². The summed E-state index contributed by atoms with van der Waals surface area (Å²) in [5, 5.41) is 11.3. The normalized spacial score (nSPS) is 17.3. The zero-order valence-corrected chi connectivity index (χ0v) is 19.8. The van der Waals surface area contributed by atoms with E-state index >= 15 is 0 Å². The fourth-order valence-corrected chi connectivity index (χ4v) is 4.38. The van der Waals surface area contributed by atoms with Gasteiger partial charge in [0.2, 0.25) is 0 Å². The van der Waals surface area contributed by atoms with Gasteiger partial charge in [0.15, 0.2) is 0 Å². The van der Waals surface area contributed by atoms with E-state index in [0.717, 1.165) is 28.9 Å². The fraction of sp³-hybridized carbons (Fsp3) is 0.250. The molecule has 1 aromatic heterocycles. The van der Waals surface area contributed by atoms with E-state index in [-0.39, 0.29) is 11.3 Å². The minimum Gasteiger partial charge on any atom is -0.507 e. The molecular weight excluding hydrogens is 428 g/mol. The van der Waals surface area contributed by atoms with Gasteiger partial charge in [0, 0.05) is 23.6 Å². The number of aryl methyl sites for hydroxylation is 3. The van der Waals surface area contributed by atoms with E-state index in [2.05, 4.69) is 4.98 Å². The van der Waals surface area contributed by atoms with Gasteiger partial charge in [0.25, 0.3) is 11.7 Å². The molecule has 1 amide bonds. The molecule has 174 valence electrons. The van der Waals surface area contributed by atoms with Crippen molar-refractivity contribution in [3.63, 3.8) is 0 Å². The second kappa shape index (κ2) is 9.51. The third-order valence-corrected chi connectivity index (χ3v) is 5.86. The third kappa shape index (κ3) is 4.31. The molecule has 6 heteroatoms. The maximum absolute atomic E-state index is 13.3. The van der Waals surface area contributed by atoms with Gasteiger partial charge in [-0.3, -0.25) is 19.5 Å². The number of ketones is 1. The molecule has 0 aliphatic carbocycles. The van der Waals surface area contributed by atoms with Crippen LogP contribution in [0, 0.1) is 20.8 Å². The van der Waals surface area contributed by atoms with Crippen molar-refractivity contribution in [1.82, 2.24) is 4.98 Å². The number of ether oxygens (including phenoxy) is 1. The number of benzene rings is 2. The molecule has 4 rings (SSSR count). The van der Waals surface area contributed by atoms with Crippen molar-refractivity contribution in [2.24, 2.45) is 0 Å². The van der Waals surface area contributed by atoms with E-state index in [1.807, 2.05) is 45.9 Å². The molecular formula is C28H28N2O4. The van der Waals surface area contributed by atoms with Crippen LogP contribution in [-0.4, -0.2) is 28.4 Å². The predicted molar refractivity (Wildman–Crippen MR) is 132 cm³/mol. The highest BCUT2D eigenvalue weighted by atomic mass is 16.5. The van der Waals surface area contributed by atoms with E-state index in [1.54, 1.807) is 42.7 Å². The number of Topliss-reactive ketones (excluding diaryl/α,β-unsaturated/α-hetero) is 1. The molecule has 6 nitrogen and oxygen atoms in total. The molecule has 0 radical (unpaired) electrons. The molecule has 1 aliphatic heterocycles. The van der Waals surface area contributed by atoms with E-state index in [9.17, 15) is 14.7 Å². The first-order valence-electron chi connectivity index (χ1n) is 11.3. The molecule has 34 heavy (non-hydrogen) atoms. The zero-order chi connectivity index (χ0) is 24.4. The number of carbonyl (C=O) groups is 2. The molecule has 1 fully saturated rings. The minimum absolute atomic E-state index is 0.0528. The average molecular weight is 457 g/mol. The third-order valence-electron chi connectivity index (χ3n) is 5.86. The summed E-state index contributed by atoms with van der Waals surface area (Å²) in [6.45, 7) is 8.40. The molecule has 2 heterocycles. The number of rotatable bonds is 6. The van der Waals surface area contributed by atoms with Crippen LogP contribution in [0.5, 0.6) is 5.75 Å². The summed E-state index contributed by atoms with van der Waals surface area (Å²) in [4.78, 5) is 32.1. The lowest BCUT2D eigenvalue weighted by Gasteiger charge is -2.26. The number of aliphatic hydroxyl groups is 1. The highest BCUT2D eigenvalue weighted by molar-refractivity contribution is 6.51. The monoisotopic (exact) mass is 456 g/mol. The number of pyridine rings is 1.